The molecule has 11 heavy (non-hydrogen) atoms. The van der Waals surface area contributed by atoms with Gasteiger partial charge in [-0.3, -0.25) is 0 Å². The van der Waals surface area contributed by atoms with Crippen molar-refractivity contribution in [2.75, 3.05) is 0 Å². The summed E-state index contributed by atoms with van der Waals surface area (Å²) in [6.45, 7) is 0. The minimum atomic E-state index is -0.857. The van der Waals surface area contributed by atoms with Crippen molar-refractivity contribution in [1.82, 2.24) is 0 Å². The van der Waals surface area contributed by atoms with Crippen LogP contribution in [0.2, 0.25) is 0 Å². The average Bonchev–Trinajstić information content (AvgIpc) is 2.06. The Hall–Kier alpha value is -0.790. The lowest BCUT2D eigenvalue weighted by Gasteiger charge is -2.38. The summed E-state index contributed by atoms with van der Waals surface area (Å²) < 4.78 is 0. The standard InChI is InChI=1S/C9H12O2/c10-9(11)8-5-6-1-3-7(8)4-2-6/h1,3,6-8H,2,4-5H2,(H,10,11)/p-1/t6-,7-,8+/m1/s1. The Morgan fingerprint density at radius 2 is 2.18 bits per heavy atom. The monoisotopic (exact) mass is 151 g/mol. The van der Waals surface area contributed by atoms with Gasteiger partial charge in [0.25, 0.3) is 0 Å². The molecule has 0 amide bonds. The molecule has 3 atom stereocenters. The highest BCUT2D eigenvalue weighted by Gasteiger charge is 2.32. The molecular formula is C9H11O2-. The Balaban J connectivity index is 2.17. The summed E-state index contributed by atoms with van der Waals surface area (Å²) in [5.74, 6) is -0.268. The molecule has 3 aliphatic carbocycles. The Bertz CT molecular complexity index is 208. The molecular weight excluding hydrogens is 140 g/mol. The SMILES string of the molecule is O=C([O-])[C@H]1C[C@@H]2C=C[C@@H]1CC2. The first kappa shape index (κ1) is 6.89. The molecule has 0 aromatic heterocycles. The van der Waals surface area contributed by atoms with Gasteiger partial charge in [-0.2, -0.15) is 0 Å². The summed E-state index contributed by atoms with van der Waals surface area (Å²) in [6.07, 6.45) is 7.24. The zero-order chi connectivity index (χ0) is 7.84. The van der Waals surface area contributed by atoms with Crippen molar-refractivity contribution in [3.63, 3.8) is 0 Å². The van der Waals surface area contributed by atoms with Crippen molar-refractivity contribution in [2.45, 2.75) is 19.3 Å². The molecule has 0 aliphatic heterocycles. The first-order valence-electron chi connectivity index (χ1n) is 4.16. The second kappa shape index (κ2) is 2.36. The normalized spacial score (nSPS) is 40.9. The molecule has 3 rings (SSSR count). The molecule has 0 unspecified atom stereocenters. The first-order valence-corrected chi connectivity index (χ1v) is 4.16. The minimum Gasteiger partial charge on any atom is -0.550 e. The van der Waals surface area contributed by atoms with Crippen molar-refractivity contribution in [3.05, 3.63) is 12.2 Å². The van der Waals surface area contributed by atoms with Gasteiger partial charge in [0.05, 0.1) is 0 Å². The van der Waals surface area contributed by atoms with Crippen LogP contribution in [-0.2, 0) is 4.79 Å². The number of fused-ring (bicyclic) bond motifs is 2. The number of carbonyl (C=O) groups excluding carboxylic acids is 1. The summed E-state index contributed by atoms with van der Waals surface area (Å²) >= 11 is 0. The zero-order valence-electron chi connectivity index (χ0n) is 6.32. The van der Waals surface area contributed by atoms with E-state index in [1.807, 2.05) is 0 Å². The smallest absolute Gasteiger partial charge is 0.0451 e. The highest BCUT2D eigenvalue weighted by atomic mass is 16.4. The topological polar surface area (TPSA) is 40.1 Å². The quantitative estimate of drug-likeness (QED) is 0.507. The molecule has 2 heteroatoms. The fraction of sp³-hybridized carbons (Fsp3) is 0.667. The molecule has 0 N–H and O–H groups in total. The van der Waals surface area contributed by atoms with Crippen molar-refractivity contribution in [2.24, 2.45) is 17.8 Å². The van der Waals surface area contributed by atoms with Crippen molar-refractivity contribution in [1.29, 1.82) is 0 Å². The van der Waals surface area contributed by atoms with Gasteiger partial charge in [-0.05, 0) is 31.1 Å². The van der Waals surface area contributed by atoms with E-state index in [0.717, 1.165) is 12.8 Å². The predicted molar refractivity (Wildman–Crippen MR) is 38.5 cm³/mol. The van der Waals surface area contributed by atoms with E-state index in [2.05, 4.69) is 12.2 Å². The van der Waals surface area contributed by atoms with E-state index in [4.69, 9.17) is 0 Å². The molecule has 0 aromatic rings. The maximum atomic E-state index is 10.6. The lowest BCUT2D eigenvalue weighted by molar-refractivity contribution is -0.314. The molecule has 0 spiro atoms. The van der Waals surface area contributed by atoms with Gasteiger partial charge >= 0.3 is 0 Å². The van der Waals surface area contributed by atoms with Crippen LogP contribution >= 0.6 is 0 Å². The third kappa shape index (κ3) is 1.06. The third-order valence-corrected chi connectivity index (χ3v) is 2.88. The van der Waals surface area contributed by atoms with Crippen LogP contribution in [0.4, 0.5) is 0 Å². The average molecular weight is 151 g/mol. The molecule has 3 aliphatic rings. The molecule has 0 aromatic carbocycles. The fourth-order valence-electron chi connectivity index (χ4n) is 2.20. The van der Waals surface area contributed by atoms with Gasteiger partial charge in [0.1, 0.15) is 0 Å². The van der Waals surface area contributed by atoms with Crippen molar-refractivity contribution < 1.29 is 9.90 Å². The van der Waals surface area contributed by atoms with E-state index in [1.165, 1.54) is 6.42 Å². The predicted octanol–water partition coefficient (Wildman–Crippen LogP) is 0.339. The molecule has 2 bridgehead atoms. The number of aliphatic carboxylic acids is 1. The molecule has 0 heterocycles. The van der Waals surface area contributed by atoms with E-state index in [9.17, 15) is 9.90 Å². The van der Waals surface area contributed by atoms with E-state index in [-0.39, 0.29) is 11.8 Å². The highest BCUT2D eigenvalue weighted by Crippen LogP contribution is 2.39. The molecule has 2 nitrogen and oxygen atoms in total. The van der Waals surface area contributed by atoms with Gasteiger partial charge in [-0.1, -0.05) is 12.2 Å². The third-order valence-electron chi connectivity index (χ3n) is 2.88. The number of rotatable bonds is 1. The van der Waals surface area contributed by atoms with Crippen LogP contribution in [0.3, 0.4) is 0 Å². The lowest BCUT2D eigenvalue weighted by Crippen LogP contribution is -2.40. The summed E-state index contributed by atoms with van der Waals surface area (Å²) in [7, 11) is 0. The zero-order valence-corrected chi connectivity index (χ0v) is 6.32. The lowest BCUT2D eigenvalue weighted by atomic mass is 9.69. The Kier molecular flexibility index (Phi) is 1.48. The summed E-state index contributed by atoms with van der Waals surface area (Å²) in [5.41, 5.74) is 0. The Labute approximate surface area is 65.9 Å². The van der Waals surface area contributed by atoms with E-state index >= 15 is 0 Å². The molecule has 0 saturated heterocycles. The summed E-state index contributed by atoms with van der Waals surface area (Å²) in [5, 5.41) is 10.6. The van der Waals surface area contributed by atoms with Crippen LogP contribution in [0.5, 0.6) is 0 Å². The van der Waals surface area contributed by atoms with Crippen molar-refractivity contribution >= 4 is 5.97 Å². The number of carboxylic acid groups (broad SMARTS) is 1. The number of hydrogen-bond acceptors (Lipinski definition) is 2. The first-order chi connectivity index (χ1) is 5.27. The second-order valence-electron chi connectivity index (χ2n) is 3.55. The van der Waals surface area contributed by atoms with Gasteiger partial charge in [-0.25, -0.2) is 0 Å². The number of allylic oxidation sites excluding steroid dienone is 2. The van der Waals surface area contributed by atoms with Gasteiger partial charge in [0.2, 0.25) is 0 Å². The van der Waals surface area contributed by atoms with Crippen LogP contribution in [-0.4, -0.2) is 5.97 Å². The summed E-state index contributed by atoms with van der Waals surface area (Å²) in [4.78, 5) is 10.6. The van der Waals surface area contributed by atoms with Crippen LogP contribution in [0.1, 0.15) is 19.3 Å². The molecule has 0 radical (unpaired) electrons. The maximum absolute atomic E-state index is 10.6. The van der Waals surface area contributed by atoms with E-state index < -0.39 is 5.97 Å². The molecule has 1 fully saturated rings. The number of hydrogen-bond donors (Lipinski definition) is 0. The van der Waals surface area contributed by atoms with Crippen LogP contribution < -0.4 is 5.11 Å². The van der Waals surface area contributed by atoms with Crippen LogP contribution in [0, 0.1) is 17.8 Å². The van der Waals surface area contributed by atoms with Gasteiger partial charge < -0.3 is 9.90 Å². The highest BCUT2D eigenvalue weighted by molar-refractivity contribution is 5.69. The fourth-order valence-corrected chi connectivity index (χ4v) is 2.20. The number of carboxylic acids is 1. The largest absolute Gasteiger partial charge is 0.550 e. The summed E-state index contributed by atoms with van der Waals surface area (Å²) in [6, 6.07) is 0. The van der Waals surface area contributed by atoms with E-state index in [0.29, 0.717) is 5.92 Å². The maximum Gasteiger partial charge on any atom is 0.0451 e. The minimum absolute atomic E-state index is 0.196. The Morgan fingerprint density at radius 1 is 1.36 bits per heavy atom. The van der Waals surface area contributed by atoms with Gasteiger partial charge in [0, 0.05) is 11.9 Å². The van der Waals surface area contributed by atoms with E-state index in [1.54, 1.807) is 0 Å². The van der Waals surface area contributed by atoms with Gasteiger partial charge in [0.15, 0.2) is 0 Å². The van der Waals surface area contributed by atoms with Gasteiger partial charge in [-0.15, -0.1) is 0 Å². The second-order valence-corrected chi connectivity index (χ2v) is 3.55. The molecule has 60 valence electrons. The van der Waals surface area contributed by atoms with Crippen LogP contribution in [0.25, 0.3) is 0 Å². The Morgan fingerprint density at radius 3 is 2.45 bits per heavy atom. The van der Waals surface area contributed by atoms with Crippen LogP contribution in [0.15, 0.2) is 12.2 Å². The van der Waals surface area contributed by atoms with Crippen molar-refractivity contribution in [3.8, 4) is 0 Å². The molecule has 1 saturated carbocycles. The number of carbonyl (C=O) groups is 1.